The van der Waals surface area contributed by atoms with Crippen molar-refractivity contribution in [1.29, 1.82) is 0 Å². The smallest absolute Gasteiger partial charge is 0.341 e. The Balaban J connectivity index is 0. The molecule has 0 heterocycles. The molecule has 0 saturated carbocycles. The minimum Gasteiger partial charge on any atom is -0.479 e. The van der Waals surface area contributed by atoms with E-state index in [4.69, 9.17) is 10.8 Å². The summed E-state index contributed by atoms with van der Waals surface area (Å²) in [4.78, 5) is 23.1. The standard InChI is InChI=1S/C8H16N2O3.ClH/c1-4-10(6(9)8(12)13)7(11)5(2)3;/h5-6H,4,9H2,1-3H3,(H,12,13);1H. The van der Waals surface area contributed by atoms with Gasteiger partial charge in [-0.05, 0) is 6.92 Å². The molecule has 0 saturated heterocycles. The Labute approximate surface area is 89.7 Å². The van der Waals surface area contributed by atoms with Crippen molar-refractivity contribution in [1.82, 2.24) is 4.90 Å². The van der Waals surface area contributed by atoms with E-state index >= 15 is 0 Å². The second-order valence-electron chi connectivity index (χ2n) is 3.06. The van der Waals surface area contributed by atoms with Crippen LogP contribution in [0.25, 0.3) is 0 Å². The zero-order chi connectivity index (χ0) is 10.6. The summed E-state index contributed by atoms with van der Waals surface area (Å²) in [5.74, 6) is -1.65. The van der Waals surface area contributed by atoms with Crippen LogP contribution < -0.4 is 5.73 Å². The van der Waals surface area contributed by atoms with Gasteiger partial charge in [0.2, 0.25) is 5.91 Å². The molecule has 0 rings (SSSR count). The second kappa shape index (κ2) is 6.62. The maximum atomic E-state index is 11.4. The van der Waals surface area contributed by atoms with Crippen molar-refractivity contribution in [3.63, 3.8) is 0 Å². The first-order chi connectivity index (χ1) is 5.91. The SMILES string of the molecule is CCN(C(=O)C(C)C)C(N)C(=O)O.Cl. The van der Waals surface area contributed by atoms with E-state index in [9.17, 15) is 9.59 Å². The van der Waals surface area contributed by atoms with Crippen LogP contribution in [0, 0.1) is 5.92 Å². The number of carbonyl (C=O) groups is 2. The monoisotopic (exact) mass is 224 g/mol. The summed E-state index contributed by atoms with van der Waals surface area (Å²) in [6, 6.07) is 0. The summed E-state index contributed by atoms with van der Waals surface area (Å²) in [6.07, 6.45) is -1.24. The molecule has 0 aromatic heterocycles. The lowest BCUT2D eigenvalue weighted by molar-refractivity contribution is -0.151. The minimum atomic E-state index is -1.24. The third-order valence-electron chi connectivity index (χ3n) is 1.71. The lowest BCUT2D eigenvalue weighted by Crippen LogP contribution is -2.51. The fourth-order valence-electron chi connectivity index (χ4n) is 0.955. The number of rotatable bonds is 4. The van der Waals surface area contributed by atoms with Crippen LogP contribution in [-0.2, 0) is 9.59 Å². The Morgan fingerprint density at radius 3 is 2.07 bits per heavy atom. The van der Waals surface area contributed by atoms with Gasteiger partial charge in [-0.2, -0.15) is 0 Å². The van der Waals surface area contributed by atoms with Crippen molar-refractivity contribution in [2.45, 2.75) is 26.9 Å². The number of carbonyl (C=O) groups excluding carboxylic acids is 1. The molecule has 84 valence electrons. The predicted octanol–water partition coefficient (Wildman–Crippen LogP) is 0.282. The predicted molar refractivity (Wildman–Crippen MR) is 55.1 cm³/mol. The van der Waals surface area contributed by atoms with Gasteiger partial charge in [0.25, 0.3) is 0 Å². The zero-order valence-corrected chi connectivity index (χ0v) is 9.37. The van der Waals surface area contributed by atoms with E-state index in [0.29, 0.717) is 6.54 Å². The molecule has 0 aliphatic rings. The average Bonchev–Trinajstić information content (AvgIpc) is 2.04. The van der Waals surface area contributed by atoms with Gasteiger partial charge >= 0.3 is 5.97 Å². The van der Waals surface area contributed by atoms with Crippen molar-refractivity contribution in [3.05, 3.63) is 0 Å². The first-order valence-electron chi connectivity index (χ1n) is 4.20. The maximum absolute atomic E-state index is 11.4. The molecule has 0 radical (unpaired) electrons. The molecule has 0 aromatic rings. The van der Waals surface area contributed by atoms with E-state index in [-0.39, 0.29) is 24.2 Å². The van der Waals surface area contributed by atoms with Crippen LogP contribution in [0.4, 0.5) is 0 Å². The van der Waals surface area contributed by atoms with Crippen molar-refractivity contribution in [2.24, 2.45) is 11.7 Å². The van der Waals surface area contributed by atoms with E-state index in [1.807, 2.05) is 0 Å². The van der Waals surface area contributed by atoms with Gasteiger partial charge in [-0.25, -0.2) is 4.79 Å². The molecule has 3 N–H and O–H groups in total. The summed E-state index contributed by atoms with van der Waals surface area (Å²) >= 11 is 0. The quantitative estimate of drug-likeness (QED) is 0.672. The largest absolute Gasteiger partial charge is 0.479 e. The Morgan fingerprint density at radius 2 is 1.86 bits per heavy atom. The number of hydrogen-bond donors (Lipinski definition) is 2. The molecule has 14 heavy (non-hydrogen) atoms. The molecule has 0 aliphatic carbocycles. The lowest BCUT2D eigenvalue weighted by Gasteiger charge is -2.26. The summed E-state index contributed by atoms with van der Waals surface area (Å²) in [5, 5.41) is 8.60. The summed E-state index contributed by atoms with van der Waals surface area (Å²) < 4.78 is 0. The number of nitrogens with two attached hydrogens (primary N) is 1. The summed E-state index contributed by atoms with van der Waals surface area (Å²) in [5.41, 5.74) is 5.32. The number of aliphatic carboxylic acids is 1. The fourth-order valence-corrected chi connectivity index (χ4v) is 0.955. The molecule has 1 atom stereocenters. The average molecular weight is 225 g/mol. The number of halogens is 1. The minimum absolute atomic E-state index is 0. The van der Waals surface area contributed by atoms with Gasteiger partial charge in [0.1, 0.15) is 0 Å². The highest BCUT2D eigenvalue weighted by Gasteiger charge is 2.25. The highest BCUT2D eigenvalue weighted by molar-refractivity contribution is 5.85. The number of likely N-dealkylation sites (N-methyl/N-ethyl adjacent to an activating group) is 1. The van der Waals surface area contributed by atoms with Crippen molar-refractivity contribution < 1.29 is 14.7 Å². The summed E-state index contributed by atoms with van der Waals surface area (Å²) in [6.45, 7) is 5.42. The van der Waals surface area contributed by atoms with Crippen LogP contribution in [0.2, 0.25) is 0 Å². The van der Waals surface area contributed by atoms with Crippen LogP contribution in [-0.4, -0.2) is 34.6 Å². The van der Waals surface area contributed by atoms with E-state index in [0.717, 1.165) is 4.90 Å². The first-order valence-corrected chi connectivity index (χ1v) is 4.20. The maximum Gasteiger partial charge on any atom is 0.341 e. The number of nitrogens with zero attached hydrogens (tertiary/aromatic N) is 1. The highest BCUT2D eigenvalue weighted by Crippen LogP contribution is 2.03. The molecular formula is C8H17ClN2O3. The molecular weight excluding hydrogens is 208 g/mol. The van der Waals surface area contributed by atoms with E-state index < -0.39 is 12.1 Å². The van der Waals surface area contributed by atoms with Crippen molar-refractivity contribution >= 4 is 24.3 Å². The molecule has 0 bridgehead atoms. The normalized spacial score (nSPS) is 11.8. The Morgan fingerprint density at radius 1 is 1.43 bits per heavy atom. The van der Waals surface area contributed by atoms with Gasteiger partial charge in [-0.1, -0.05) is 13.8 Å². The molecule has 1 amide bonds. The van der Waals surface area contributed by atoms with Crippen molar-refractivity contribution in [3.8, 4) is 0 Å². The third-order valence-corrected chi connectivity index (χ3v) is 1.71. The molecule has 0 fully saturated rings. The summed E-state index contributed by atoms with van der Waals surface area (Å²) in [7, 11) is 0. The van der Waals surface area contributed by atoms with Gasteiger partial charge in [-0.3, -0.25) is 4.79 Å². The molecule has 6 heteroatoms. The molecule has 1 unspecified atom stereocenters. The van der Waals surface area contributed by atoms with Crippen LogP contribution >= 0.6 is 12.4 Å². The van der Waals surface area contributed by atoms with Gasteiger partial charge in [0.05, 0.1) is 0 Å². The van der Waals surface area contributed by atoms with Crippen LogP contribution in [0.3, 0.4) is 0 Å². The number of carboxylic acids is 1. The van der Waals surface area contributed by atoms with E-state index in [1.54, 1.807) is 20.8 Å². The third kappa shape index (κ3) is 3.93. The number of carboxylic acid groups (broad SMARTS) is 1. The van der Waals surface area contributed by atoms with Gasteiger partial charge in [0, 0.05) is 12.5 Å². The molecule has 5 nitrogen and oxygen atoms in total. The molecule has 0 aromatic carbocycles. The van der Waals surface area contributed by atoms with Crippen LogP contribution in [0.1, 0.15) is 20.8 Å². The van der Waals surface area contributed by atoms with Crippen molar-refractivity contribution in [2.75, 3.05) is 6.54 Å². The van der Waals surface area contributed by atoms with Gasteiger partial charge in [0.15, 0.2) is 6.17 Å². The van der Waals surface area contributed by atoms with Gasteiger partial charge < -0.3 is 15.7 Å². The molecule has 0 spiro atoms. The van der Waals surface area contributed by atoms with Crippen LogP contribution in [0.15, 0.2) is 0 Å². The first kappa shape index (κ1) is 15.7. The second-order valence-corrected chi connectivity index (χ2v) is 3.06. The molecule has 0 aliphatic heterocycles. The Kier molecular flexibility index (Phi) is 7.40. The fraction of sp³-hybridized carbons (Fsp3) is 0.750. The zero-order valence-electron chi connectivity index (χ0n) is 8.56. The lowest BCUT2D eigenvalue weighted by atomic mass is 10.2. The Hall–Kier alpha value is -0.810. The topological polar surface area (TPSA) is 83.6 Å². The highest BCUT2D eigenvalue weighted by atomic mass is 35.5. The van der Waals surface area contributed by atoms with Crippen LogP contribution in [0.5, 0.6) is 0 Å². The van der Waals surface area contributed by atoms with E-state index in [1.165, 1.54) is 0 Å². The van der Waals surface area contributed by atoms with Gasteiger partial charge in [-0.15, -0.1) is 12.4 Å². The van der Waals surface area contributed by atoms with E-state index in [2.05, 4.69) is 0 Å². The Bertz CT molecular complexity index is 209. The number of amides is 1. The number of hydrogen-bond acceptors (Lipinski definition) is 3.